The number of nitrogens with zero attached hydrogens (tertiary/aromatic N) is 2. The maximum absolute atomic E-state index is 14.1. The highest BCUT2D eigenvalue weighted by atomic mass is 16.6. The number of hydrogen-bond donors (Lipinski definition) is 3. The van der Waals surface area contributed by atoms with Crippen molar-refractivity contribution in [1.29, 1.82) is 0 Å². The van der Waals surface area contributed by atoms with E-state index in [4.69, 9.17) is 15.2 Å². The Bertz CT molecular complexity index is 1090. The van der Waals surface area contributed by atoms with Gasteiger partial charge in [0.25, 0.3) is 0 Å². The van der Waals surface area contributed by atoms with E-state index in [9.17, 15) is 19.2 Å². The second-order valence-corrected chi connectivity index (χ2v) is 11.3. The number of pyridine rings is 1. The molecule has 1 aromatic heterocycles. The van der Waals surface area contributed by atoms with Gasteiger partial charge in [-0.05, 0) is 63.0 Å². The number of esters is 2. The van der Waals surface area contributed by atoms with Crippen LogP contribution in [0.3, 0.4) is 0 Å². The fraction of sp³-hybridized carbons (Fsp3) is 0.690. The van der Waals surface area contributed by atoms with Crippen LogP contribution in [0.15, 0.2) is 12.1 Å². The smallest absolute Gasteiger partial charge is 0.344 e. The van der Waals surface area contributed by atoms with Crippen LogP contribution in [0.1, 0.15) is 76.0 Å². The summed E-state index contributed by atoms with van der Waals surface area (Å²) in [6.07, 6.45) is 8.52. The van der Waals surface area contributed by atoms with Crippen molar-refractivity contribution in [2.45, 2.75) is 89.8 Å². The van der Waals surface area contributed by atoms with Crippen molar-refractivity contribution in [1.82, 2.24) is 20.5 Å². The Morgan fingerprint density at radius 2 is 1.88 bits per heavy atom. The molecule has 0 bridgehead atoms. The number of ether oxygens (including phenoxy) is 2. The zero-order valence-electron chi connectivity index (χ0n) is 23.7. The second-order valence-electron chi connectivity index (χ2n) is 11.3. The van der Waals surface area contributed by atoms with Gasteiger partial charge in [-0.25, -0.2) is 9.78 Å². The molecule has 3 fully saturated rings. The van der Waals surface area contributed by atoms with Crippen LogP contribution in [0.4, 0.5) is 5.82 Å². The van der Waals surface area contributed by atoms with Gasteiger partial charge >= 0.3 is 11.9 Å². The highest BCUT2D eigenvalue weighted by Gasteiger charge is 2.66. The van der Waals surface area contributed by atoms with Crippen molar-refractivity contribution >= 4 is 29.6 Å². The molecule has 40 heavy (non-hydrogen) atoms. The molecule has 1 aliphatic heterocycles. The number of nitrogens with two attached hydrogens (primary N) is 1. The summed E-state index contributed by atoms with van der Waals surface area (Å²) in [5.41, 5.74) is 6.54. The van der Waals surface area contributed by atoms with Gasteiger partial charge < -0.3 is 25.4 Å². The zero-order chi connectivity index (χ0) is 28.7. The summed E-state index contributed by atoms with van der Waals surface area (Å²) in [4.78, 5) is 57.6. The lowest BCUT2D eigenvalue weighted by Crippen LogP contribution is -2.59. The first-order valence-corrected chi connectivity index (χ1v) is 14.6. The van der Waals surface area contributed by atoms with E-state index in [0.29, 0.717) is 37.7 Å². The first-order chi connectivity index (χ1) is 19.2. The molecule has 4 rings (SSSR count). The fourth-order valence-corrected chi connectivity index (χ4v) is 6.33. The maximum atomic E-state index is 14.1. The molecule has 2 amide bonds. The van der Waals surface area contributed by atoms with Crippen molar-refractivity contribution in [2.75, 3.05) is 32.0 Å². The number of hydrogen-bond acceptors (Lipinski definition) is 9. The standard InChI is InChI=1S/C29H43N5O6/c1-3-39-26(36)18-40-25(35)17-31-23(14-20-8-5-4-6-9-20)27(37)34-13-7-10-22-15-29(22,34)28(38)32-16-21-11-12-24(30)33-19(21)2/h11-12,20,22-23,31H,3-10,13-18H2,1-2H3,(H2,30,33)(H,32,38)/t22-,23-,29+/m1/s1. The van der Waals surface area contributed by atoms with Gasteiger partial charge in [0.15, 0.2) is 6.61 Å². The topological polar surface area (TPSA) is 153 Å². The quantitative estimate of drug-likeness (QED) is 0.328. The molecule has 0 spiro atoms. The molecule has 2 saturated carbocycles. The average Bonchev–Trinajstić information content (AvgIpc) is 3.70. The number of nitrogen functional groups attached to an aromatic ring is 1. The van der Waals surface area contributed by atoms with Crippen LogP contribution in [-0.2, 0) is 35.2 Å². The van der Waals surface area contributed by atoms with Gasteiger partial charge in [0.2, 0.25) is 11.8 Å². The third kappa shape index (κ3) is 7.10. The van der Waals surface area contributed by atoms with Crippen LogP contribution >= 0.6 is 0 Å². The Kier molecular flexibility index (Phi) is 9.99. The van der Waals surface area contributed by atoms with E-state index in [1.54, 1.807) is 17.9 Å². The third-order valence-corrected chi connectivity index (χ3v) is 8.55. The number of aromatic nitrogens is 1. The molecular formula is C29H43N5O6. The number of nitrogens with one attached hydrogen (secondary N) is 2. The molecule has 11 heteroatoms. The monoisotopic (exact) mass is 557 g/mol. The molecule has 1 saturated heterocycles. The molecule has 2 aliphatic carbocycles. The van der Waals surface area contributed by atoms with Crippen LogP contribution < -0.4 is 16.4 Å². The van der Waals surface area contributed by atoms with E-state index in [0.717, 1.165) is 49.8 Å². The van der Waals surface area contributed by atoms with Gasteiger partial charge in [-0.1, -0.05) is 38.2 Å². The Hall–Kier alpha value is -3.21. The number of fused-ring (bicyclic) bond motifs is 1. The lowest BCUT2D eigenvalue weighted by molar-refractivity contribution is -0.158. The number of rotatable bonds is 12. The summed E-state index contributed by atoms with van der Waals surface area (Å²) in [7, 11) is 0. The first kappa shape index (κ1) is 29.8. The van der Waals surface area contributed by atoms with Crippen LogP contribution in [-0.4, -0.2) is 71.5 Å². The van der Waals surface area contributed by atoms with Crippen molar-refractivity contribution in [2.24, 2.45) is 11.8 Å². The Morgan fingerprint density at radius 3 is 2.60 bits per heavy atom. The Labute approximate surface area is 235 Å². The molecule has 4 N–H and O–H groups in total. The van der Waals surface area contributed by atoms with Gasteiger partial charge in [-0.15, -0.1) is 0 Å². The summed E-state index contributed by atoms with van der Waals surface area (Å²) in [6.45, 7) is 3.88. The lowest BCUT2D eigenvalue weighted by atomic mass is 9.84. The number of amides is 2. The van der Waals surface area contributed by atoms with Crippen LogP contribution in [0.5, 0.6) is 0 Å². The molecule has 0 radical (unpaired) electrons. The Balaban J connectivity index is 1.43. The number of carbonyl (C=O) groups excluding carboxylic acids is 4. The predicted octanol–water partition coefficient (Wildman–Crippen LogP) is 2.00. The average molecular weight is 558 g/mol. The SMILES string of the molecule is CCOC(=O)COC(=O)CN[C@H](CC1CCCCC1)C(=O)N1CCC[C@@H]2C[C@@]21C(=O)NCc1ccc(N)nc1C. The van der Waals surface area contributed by atoms with E-state index < -0.39 is 30.1 Å². The Morgan fingerprint density at radius 1 is 1.10 bits per heavy atom. The minimum atomic E-state index is -0.860. The summed E-state index contributed by atoms with van der Waals surface area (Å²) < 4.78 is 9.82. The van der Waals surface area contributed by atoms with Crippen LogP contribution in [0.2, 0.25) is 0 Å². The molecule has 2 heterocycles. The van der Waals surface area contributed by atoms with Crippen molar-refractivity contribution in [3.8, 4) is 0 Å². The van der Waals surface area contributed by atoms with Gasteiger partial charge in [0.05, 0.1) is 19.2 Å². The number of piperidine rings is 1. The molecule has 11 nitrogen and oxygen atoms in total. The predicted molar refractivity (Wildman–Crippen MR) is 148 cm³/mol. The first-order valence-electron chi connectivity index (χ1n) is 14.6. The number of likely N-dealkylation sites (tertiary alicyclic amines) is 1. The van der Waals surface area contributed by atoms with Gasteiger partial charge in [0.1, 0.15) is 11.4 Å². The molecular weight excluding hydrogens is 514 g/mol. The molecule has 3 atom stereocenters. The minimum Gasteiger partial charge on any atom is -0.463 e. The fourth-order valence-electron chi connectivity index (χ4n) is 6.33. The van der Waals surface area contributed by atoms with E-state index in [2.05, 4.69) is 15.6 Å². The van der Waals surface area contributed by atoms with Gasteiger partial charge in [-0.2, -0.15) is 0 Å². The zero-order valence-corrected chi connectivity index (χ0v) is 23.7. The van der Waals surface area contributed by atoms with Crippen LogP contribution in [0, 0.1) is 18.8 Å². The van der Waals surface area contributed by atoms with Crippen molar-refractivity contribution in [3.63, 3.8) is 0 Å². The largest absolute Gasteiger partial charge is 0.463 e. The van der Waals surface area contributed by atoms with Gasteiger partial charge in [-0.3, -0.25) is 19.7 Å². The highest BCUT2D eigenvalue weighted by molar-refractivity contribution is 5.96. The molecule has 0 unspecified atom stereocenters. The highest BCUT2D eigenvalue weighted by Crippen LogP contribution is 2.54. The van der Waals surface area contributed by atoms with E-state index in [1.165, 1.54) is 6.42 Å². The third-order valence-electron chi connectivity index (χ3n) is 8.55. The summed E-state index contributed by atoms with van der Waals surface area (Å²) >= 11 is 0. The maximum Gasteiger partial charge on any atom is 0.344 e. The summed E-state index contributed by atoms with van der Waals surface area (Å²) in [5, 5.41) is 6.17. The lowest BCUT2D eigenvalue weighted by Gasteiger charge is -2.38. The van der Waals surface area contributed by atoms with Crippen molar-refractivity contribution < 1.29 is 28.7 Å². The number of carbonyl (C=O) groups is 4. The van der Waals surface area contributed by atoms with E-state index in [1.807, 2.05) is 13.0 Å². The normalized spacial score (nSPS) is 23.1. The van der Waals surface area contributed by atoms with E-state index in [-0.39, 0.29) is 30.9 Å². The minimum absolute atomic E-state index is 0.126. The van der Waals surface area contributed by atoms with E-state index >= 15 is 0 Å². The number of aryl methyl sites for hydroxylation is 1. The summed E-state index contributed by atoms with van der Waals surface area (Å²) in [6, 6.07) is 2.95. The number of anilines is 1. The van der Waals surface area contributed by atoms with Gasteiger partial charge in [0, 0.05) is 18.8 Å². The molecule has 220 valence electrons. The second kappa shape index (κ2) is 13.4. The molecule has 3 aliphatic rings. The van der Waals surface area contributed by atoms with Crippen molar-refractivity contribution in [3.05, 3.63) is 23.4 Å². The molecule has 1 aromatic rings. The summed E-state index contributed by atoms with van der Waals surface area (Å²) in [5.74, 6) is -0.608. The molecule has 0 aromatic carbocycles. The van der Waals surface area contributed by atoms with Crippen LogP contribution in [0.25, 0.3) is 0 Å².